The van der Waals surface area contributed by atoms with Crippen LogP contribution in [0.5, 0.6) is 0 Å². The van der Waals surface area contributed by atoms with Gasteiger partial charge in [0, 0.05) is 6.54 Å². The molecule has 0 aliphatic heterocycles. The number of rotatable bonds is 11. The van der Waals surface area contributed by atoms with Crippen LogP contribution in [0.1, 0.15) is 12.0 Å². The molecule has 0 radical (unpaired) electrons. The summed E-state index contributed by atoms with van der Waals surface area (Å²) in [6.45, 7) is -0.0217. The first-order valence-electron chi connectivity index (χ1n) is 10.9. The number of carbonyl (C=O) groups excluding carboxylic acids is 2. The van der Waals surface area contributed by atoms with Crippen molar-refractivity contribution in [1.29, 1.82) is 0 Å². The van der Waals surface area contributed by atoms with E-state index in [-0.39, 0.29) is 30.2 Å². The maximum Gasteiger partial charge on any atom is 0.265 e. The van der Waals surface area contributed by atoms with Gasteiger partial charge in [0.25, 0.3) is 15.9 Å². The van der Waals surface area contributed by atoms with Crippen LogP contribution in [0.4, 0.5) is 0 Å². The second-order valence-electron chi connectivity index (χ2n) is 7.63. The molecule has 35 heavy (non-hydrogen) atoms. The molecule has 3 rings (SSSR count). The van der Waals surface area contributed by atoms with E-state index >= 15 is 0 Å². The number of hydroxylamine groups is 2. The highest BCUT2D eigenvalue weighted by atomic mass is 32.2. The molecular weight excluding hydrogens is 470 g/mol. The zero-order chi connectivity index (χ0) is 25.3. The van der Waals surface area contributed by atoms with Crippen LogP contribution in [0.25, 0.3) is 11.1 Å². The van der Waals surface area contributed by atoms with Gasteiger partial charge in [0.1, 0.15) is 6.04 Å². The quantitative estimate of drug-likeness (QED) is 0.276. The van der Waals surface area contributed by atoms with Crippen LogP contribution in [0.3, 0.4) is 0 Å². The van der Waals surface area contributed by atoms with Gasteiger partial charge in [-0.2, -0.15) is 0 Å². The summed E-state index contributed by atoms with van der Waals surface area (Å²) in [7, 11) is -3.16. The Bertz CT molecular complexity index is 1220. The highest BCUT2D eigenvalue weighted by molar-refractivity contribution is 7.89. The lowest BCUT2D eigenvalue weighted by Crippen LogP contribution is -2.49. The summed E-state index contributed by atoms with van der Waals surface area (Å²) in [6, 6.07) is 23.2. The minimum Gasteiger partial charge on any atom is -0.356 e. The van der Waals surface area contributed by atoms with E-state index in [0.717, 1.165) is 23.8 Å². The Morgan fingerprint density at radius 3 is 2.06 bits per heavy atom. The maximum atomic E-state index is 13.3. The molecule has 0 fully saturated rings. The van der Waals surface area contributed by atoms with Gasteiger partial charge in [0.2, 0.25) is 5.91 Å². The predicted octanol–water partition coefficient (Wildman–Crippen LogP) is 2.53. The summed E-state index contributed by atoms with van der Waals surface area (Å²) in [5, 5.41) is 11.8. The first-order chi connectivity index (χ1) is 16.9. The number of benzene rings is 3. The Morgan fingerprint density at radius 1 is 0.914 bits per heavy atom. The summed E-state index contributed by atoms with van der Waals surface area (Å²) >= 11 is 0. The van der Waals surface area contributed by atoms with Crippen LogP contribution in [0.2, 0.25) is 0 Å². The largest absolute Gasteiger partial charge is 0.356 e. The molecule has 9 nitrogen and oxygen atoms in total. The van der Waals surface area contributed by atoms with Crippen molar-refractivity contribution >= 4 is 21.8 Å². The number of hydrogen-bond donors (Lipinski definition) is 3. The normalized spacial score (nSPS) is 12.2. The summed E-state index contributed by atoms with van der Waals surface area (Å²) in [4.78, 5) is 29.5. The lowest BCUT2D eigenvalue weighted by molar-refractivity contribution is -0.148. The Balaban J connectivity index is 1.72. The number of hydrogen-bond acceptors (Lipinski definition) is 6. The van der Waals surface area contributed by atoms with Crippen molar-refractivity contribution in [2.75, 3.05) is 13.7 Å². The third-order valence-corrected chi connectivity index (χ3v) is 7.04. The average molecular weight is 498 g/mol. The summed E-state index contributed by atoms with van der Waals surface area (Å²) < 4.78 is 27.1. The SMILES string of the molecule is CON([C@H](CCNC(=O)Cc1ccccc1)C(=O)NO)S(=O)(=O)c1ccc(-c2ccccc2)cc1. The van der Waals surface area contributed by atoms with E-state index in [2.05, 4.69) is 5.32 Å². The topological polar surface area (TPSA) is 125 Å². The fourth-order valence-electron chi connectivity index (χ4n) is 3.55. The van der Waals surface area contributed by atoms with Crippen LogP contribution in [-0.2, 0) is 30.9 Å². The van der Waals surface area contributed by atoms with Crippen LogP contribution in [-0.4, -0.2) is 49.6 Å². The summed E-state index contributed by atoms with van der Waals surface area (Å²) in [6.07, 6.45) is -0.000150. The summed E-state index contributed by atoms with van der Waals surface area (Å²) in [5.74, 6) is -1.28. The molecule has 0 heterocycles. The Kier molecular flexibility index (Phi) is 9.10. The molecule has 0 saturated carbocycles. The number of sulfonamides is 1. The van der Waals surface area contributed by atoms with Gasteiger partial charge >= 0.3 is 0 Å². The van der Waals surface area contributed by atoms with E-state index in [1.165, 1.54) is 17.6 Å². The van der Waals surface area contributed by atoms with Gasteiger partial charge in [-0.05, 0) is 35.2 Å². The van der Waals surface area contributed by atoms with Crippen LogP contribution in [0, 0.1) is 0 Å². The van der Waals surface area contributed by atoms with Crippen LogP contribution in [0.15, 0.2) is 89.8 Å². The molecule has 1 atom stereocenters. The van der Waals surface area contributed by atoms with Gasteiger partial charge < -0.3 is 5.32 Å². The van der Waals surface area contributed by atoms with E-state index in [9.17, 15) is 23.2 Å². The second-order valence-corrected chi connectivity index (χ2v) is 9.41. The van der Waals surface area contributed by atoms with Crippen molar-refractivity contribution in [2.45, 2.75) is 23.8 Å². The van der Waals surface area contributed by atoms with Crippen molar-refractivity contribution in [3.05, 3.63) is 90.5 Å². The van der Waals surface area contributed by atoms with Gasteiger partial charge in [-0.15, -0.1) is 0 Å². The van der Waals surface area contributed by atoms with Crippen molar-refractivity contribution in [2.24, 2.45) is 0 Å². The fourth-order valence-corrected chi connectivity index (χ4v) is 4.97. The van der Waals surface area contributed by atoms with Gasteiger partial charge in [-0.3, -0.25) is 19.6 Å². The Morgan fingerprint density at radius 2 is 1.49 bits per heavy atom. The minimum absolute atomic E-state index is 0.0217. The molecule has 3 N–H and O–H groups in total. The first kappa shape index (κ1) is 26.0. The lowest BCUT2D eigenvalue weighted by Gasteiger charge is -2.27. The van der Waals surface area contributed by atoms with Gasteiger partial charge in [0.15, 0.2) is 0 Å². The van der Waals surface area contributed by atoms with E-state index in [4.69, 9.17) is 4.84 Å². The number of amides is 2. The Labute approximate surface area is 204 Å². The zero-order valence-electron chi connectivity index (χ0n) is 19.1. The molecule has 0 aliphatic rings. The molecular formula is C25H27N3O6S. The fraction of sp³-hybridized carbons (Fsp3) is 0.200. The molecule has 0 bridgehead atoms. The minimum atomic E-state index is -4.28. The maximum absolute atomic E-state index is 13.3. The second kappa shape index (κ2) is 12.2. The van der Waals surface area contributed by atoms with E-state index in [1.807, 2.05) is 60.7 Å². The van der Waals surface area contributed by atoms with Gasteiger partial charge in [-0.25, -0.2) is 13.9 Å². The van der Waals surface area contributed by atoms with E-state index in [1.54, 1.807) is 12.1 Å². The monoisotopic (exact) mass is 497 g/mol. The molecule has 3 aromatic rings. The van der Waals surface area contributed by atoms with Crippen molar-refractivity contribution in [1.82, 2.24) is 15.3 Å². The lowest BCUT2D eigenvalue weighted by atomic mass is 10.1. The van der Waals surface area contributed by atoms with Gasteiger partial charge in [-0.1, -0.05) is 77.3 Å². The number of nitrogens with zero attached hydrogens (tertiary/aromatic N) is 1. The van der Waals surface area contributed by atoms with E-state index in [0.29, 0.717) is 4.47 Å². The number of carbonyl (C=O) groups is 2. The van der Waals surface area contributed by atoms with Crippen molar-refractivity contribution in [3.8, 4) is 11.1 Å². The smallest absolute Gasteiger partial charge is 0.265 e. The van der Waals surface area contributed by atoms with Gasteiger partial charge in [0.05, 0.1) is 18.4 Å². The molecule has 3 aromatic carbocycles. The van der Waals surface area contributed by atoms with Crippen LogP contribution < -0.4 is 10.8 Å². The molecule has 2 amide bonds. The molecule has 0 aliphatic carbocycles. The standard InChI is InChI=1S/C25H27N3O6S/c1-34-28(35(32,33)22-14-12-21(13-15-22)20-10-6-3-7-11-20)23(25(30)27-31)16-17-26-24(29)18-19-8-4-2-5-9-19/h2-15,23,31H,16-18H2,1H3,(H,26,29)(H,27,30)/t23-/m1/s1. The highest BCUT2D eigenvalue weighted by Gasteiger charge is 2.36. The number of nitrogens with one attached hydrogen (secondary N) is 2. The third-order valence-electron chi connectivity index (χ3n) is 5.29. The molecule has 10 heteroatoms. The Hall–Kier alpha value is -3.57. The zero-order valence-corrected chi connectivity index (χ0v) is 19.9. The third kappa shape index (κ3) is 6.74. The molecule has 0 saturated heterocycles. The molecule has 184 valence electrons. The highest BCUT2D eigenvalue weighted by Crippen LogP contribution is 2.24. The first-order valence-corrected chi connectivity index (χ1v) is 12.3. The van der Waals surface area contributed by atoms with Crippen LogP contribution >= 0.6 is 0 Å². The average Bonchev–Trinajstić information content (AvgIpc) is 2.88. The van der Waals surface area contributed by atoms with Crippen molar-refractivity contribution in [3.63, 3.8) is 0 Å². The van der Waals surface area contributed by atoms with E-state index < -0.39 is 22.0 Å². The predicted molar refractivity (Wildman–Crippen MR) is 129 cm³/mol. The van der Waals surface area contributed by atoms with Crippen molar-refractivity contribution < 1.29 is 28.1 Å². The molecule has 0 unspecified atom stereocenters. The summed E-state index contributed by atoms with van der Waals surface area (Å²) in [5.41, 5.74) is 4.03. The molecule has 0 spiro atoms. The molecule has 0 aromatic heterocycles.